The second kappa shape index (κ2) is 8.67. The minimum absolute atomic E-state index is 0.237. The van der Waals surface area contributed by atoms with Gasteiger partial charge in [-0.3, -0.25) is 0 Å². The lowest BCUT2D eigenvalue weighted by molar-refractivity contribution is 0.0832. The molecule has 0 atom stereocenters. The maximum atomic E-state index is 12.1. The number of anilines is 1. The molecular formula is C18H21ClN4O2. The summed E-state index contributed by atoms with van der Waals surface area (Å²) in [6, 6.07) is 13.2. The topological polar surface area (TPSA) is 67.3 Å². The maximum Gasteiger partial charge on any atom is 0.410 e. The van der Waals surface area contributed by atoms with E-state index in [2.05, 4.69) is 15.5 Å². The zero-order valence-electron chi connectivity index (χ0n) is 13.9. The molecule has 0 radical (unpaired) electrons. The summed E-state index contributed by atoms with van der Waals surface area (Å²) in [4.78, 5) is 13.9. The standard InChI is InChI=1S/C18H21ClN4O2/c19-16-6-7-17(22-21-16)20-12-14-8-10-23(11-9-14)18(24)25-13-15-4-2-1-3-5-15/h1-7,14H,8-13H2,(H,20,22). The lowest BCUT2D eigenvalue weighted by Gasteiger charge is -2.31. The Morgan fingerprint density at radius 1 is 1.16 bits per heavy atom. The Hall–Kier alpha value is -2.34. The van der Waals surface area contributed by atoms with E-state index in [4.69, 9.17) is 16.3 Å². The summed E-state index contributed by atoms with van der Waals surface area (Å²) >= 11 is 5.72. The normalized spacial score (nSPS) is 15.0. The zero-order chi connectivity index (χ0) is 17.5. The van der Waals surface area contributed by atoms with Crippen molar-refractivity contribution < 1.29 is 9.53 Å². The molecule has 2 heterocycles. The van der Waals surface area contributed by atoms with Crippen LogP contribution in [0.3, 0.4) is 0 Å². The Labute approximate surface area is 152 Å². The van der Waals surface area contributed by atoms with Gasteiger partial charge in [0, 0.05) is 19.6 Å². The van der Waals surface area contributed by atoms with Crippen molar-refractivity contribution >= 4 is 23.5 Å². The van der Waals surface area contributed by atoms with E-state index in [1.807, 2.05) is 36.4 Å². The van der Waals surface area contributed by atoms with Crippen LogP contribution in [-0.2, 0) is 11.3 Å². The molecule has 1 aromatic heterocycles. The van der Waals surface area contributed by atoms with Crippen LogP contribution in [0.1, 0.15) is 18.4 Å². The Kier molecular flexibility index (Phi) is 6.06. The molecule has 1 fully saturated rings. The first-order valence-electron chi connectivity index (χ1n) is 8.39. The number of carbonyl (C=O) groups excluding carboxylic acids is 1. The number of hydrogen-bond acceptors (Lipinski definition) is 5. The number of benzene rings is 1. The van der Waals surface area contributed by atoms with Gasteiger partial charge in [0.25, 0.3) is 0 Å². The molecule has 0 aliphatic carbocycles. The number of hydrogen-bond donors (Lipinski definition) is 1. The van der Waals surface area contributed by atoms with E-state index in [9.17, 15) is 4.79 Å². The van der Waals surface area contributed by atoms with Crippen LogP contribution >= 0.6 is 11.6 Å². The van der Waals surface area contributed by atoms with Crippen LogP contribution in [0.25, 0.3) is 0 Å². The summed E-state index contributed by atoms with van der Waals surface area (Å²) in [5, 5.41) is 11.4. The summed E-state index contributed by atoms with van der Waals surface area (Å²) in [5.74, 6) is 1.21. The number of aromatic nitrogens is 2. The largest absolute Gasteiger partial charge is 0.445 e. The molecule has 1 saturated heterocycles. The zero-order valence-corrected chi connectivity index (χ0v) is 14.7. The van der Waals surface area contributed by atoms with Gasteiger partial charge in [-0.1, -0.05) is 41.9 Å². The number of carbonyl (C=O) groups is 1. The number of piperidine rings is 1. The Balaban J connectivity index is 1.37. The van der Waals surface area contributed by atoms with Gasteiger partial charge in [-0.05, 0) is 36.5 Å². The first kappa shape index (κ1) is 17.5. The number of nitrogens with one attached hydrogen (secondary N) is 1. The van der Waals surface area contributed by atoms with E-state index in [1.165, 1.54) is 0 Å². The molecule has 1 aromatic carbocycles. The molecule has 3 rings (SSSR count). The molecule has 0 saturated carbocycles. The highest BCUT2D eigenvalue weighted by atomic mass is 35.5. The van der Waals surface area contributed by atoms with Gasteiger partial charge < -0.3 is 15.0 Å². The Morgan fingerprint density at radius 3 is 2.60 bits per heavy atom. The monoisotopic (exact) mass is 360 g/mol. The second-order valence-electron chi connectivity index (χ2n) is 6.09. The molecular weight excluding hydrogens is 340 g/mol. The van der Waals surface area contributed by atoms with Gasteiger partial charge in [0.05, 0.1) is 0 Å². The van der Waals surface area contributed by atoms with Crippen molar-refractivity contribution in [2.45, 2.75) is 19.4 Å². The quantitative estimate of drug-likeness (QED) is 0.882. The fourth-order valence-electron chi connectivity index (χ4n) is 2.79. The summed E-state index contributed by atoms with van der Waals surface area (Å²) in [6.45, 7) is 2.55. The third-order valence-corrected chi connectivity index (χ3v) is 4.48. The third kappa shape index (κ3) is 5.32. The highest BCUT2D eigenvalue weighted by Gasteiger charge is 2.23. The number of amides is 1. The van der Waals surface area contributed by atoms with Gasteiger partial charge >= 0.3 is 6.09 Å². The van der Waals surface area contributed by atoms with Crippen LogP contribution in [0.5, 0.6) is 0 Å². The van der Waals surface area contributed by atoms with E-state index in [0.717, 1.165) is 24.9 Å². The maximum absolute atomic E-state index is 12.1. The number of halogens is 1. The summed E-state index contributed by atoms with van der Waals surface area (Å²) in [7, 11) is 0. The van der Waals surface area contributed by atoms with Gasteiger partial charge in [-0.15, -0.1) is 10.2 Å². The van der Waals surface area contributed by atoms with Crippen molar-refractivity contribution in [2.24, 2.45) is 5.92 Å². The molecule has 1 amide bonds. The average Bonchev–Trinajstić information content (AvgIpc) is 2.67. The smallest absolute Gasteiger partial charge is 0.410 e. The highest BCUT2D eigenvalue weighted by Crippen LogP contribution is 2.19. The van der Waals surface area contributed by atoms with E-state index >= 15 is 0 Å². The van der Waals surface area contributed by atoms with Crippen molar-refractivity contribution in [3.05, 3.63) is 53.2 Å². The predicted molar refractivity (Wildman–Crippen MR) is 96.5 cm³/mol. The SMILES string of the molecule is O=C(OCc1ccccc1)N1CCC(CNc2ccc(Cl)nn2)CC1. The molecule has 2 aromatic rings. The Bertz CT molecular complexity index is 673. The number of ether oxygens (including phenoxy) is 1. The van der Waals surface area contributed by atoms with Gasteiger partial charge in [0.2, 0.25) is 0 Å². The lowest BCUT2D eigenvalue weighted by atomic mass is 9.97. The van der Waals surface area contributed by atoms with Crippen LogP contribution in [0.2, 0.25) is 5.15 Å². The van der Waals surface area contributed by atoms with Crippen molar-refractivity contribution in [2.75, 3.05) is 25.0 Å². The summed E-state index contributed by atoms with van der Waals surface area (Å²) in [6.07, 6.45) is 1.64. The fourth-order valence-corrected chi connectivity index (χ4v) is 2.89. The summed E-state index contributed by atoms with van der Waals surface area (Å²) in [5.41, 5.74) is 0.999. The van der Waals surface area contributed by atoms with Crippen LogP contribution in [0.4, 0.5) is 10.6 Å². The van der Waals surface area contributed by atoms with Crippen molar-refractivity contribution in [3.8, 4) is 0 Å². The fraction of sp³-hybridized carbons (Fsp3) is 0.389. The number of nitrogens with zero attached hydrogens (tertiary/aromatic N) is 3. The predicted octanol–water partition coefficient (Wildman–Crippen LogP) is 3.59. The van der Waals surface area contributed by atoms with Crippen LogP contribution < -0.4 is 5.32 Å². The molecule has 1 N–H and O–H groups in total. The molecule has 0 spiro atoms. The molecule has 1 aliphatic heterocycles. The highest BCUT2D eigenvalue weighted by molar-refractivity contribution is 6.29. The van der Waals surface area contributed by atoms with Crippen molar-refractivity contribution in [1.29, 1.82) is 0 Å². The third-order valence-electron chi connectivity index (χ3n) is 4.28. The number of rotatable bonds is 5. The molecule has 0 bridgehead atoms. The van der Waals surface area contributed by atoms with Gasteiger partial charge in [0.15, 0.2) is 5.15 Å². The van der Waals surface area contributed by atoms with E-state index in [-0.39, 0.29) is 6.09 Å². The lowest BCUT2D eigenvalue weighted by Crippen LogP contribution is -2.40. The molecule has 25 heavy (non-hydrogen) atoms. The minimum Gasteiger partial charge on any atom is -0.445 e. The molecule has 1 aliphatic rings. The molecule has 0 unspecified atom stereocenters. The first-order valence-corrected chi connectivity index (χ1v) is 8.77. The average molecular weight is 361 g/mol. The van der Waals surface area contributed by atoms with Gasteiger partial charge in [-0.2, -0.15) is 0 Å². The van der Waals surface area contributed by atoms with Crippen LogP contribution in [0, 0.1) is 5.92 Å². The molecule has 6 nitrogen and oxygen atoms in total. The summed E-state index contributed by atoms with van der Waals surface area (Å²) < 4.78 is 5.38. The van der Waals surface area contributed by atoms with Crippen molar-refractivity contribution in [1.82, 2.24) is 15.1 Å². The second-order valence-corrected chi connectivity index (χ2v) is 6.48. The first-order chi connectivity index (χ1) is 12.2. The molecule has 7 heteroatoms. The van der Waals surface area contributed by atoms with E-state index in [1.54, 1.807) is 11.0 Å². The minimum atomic E-state index is -0.237. The van der Waals surface area contributed by atoms with Gasteiger partial charge in [0.1, 0.15) is 12.4 Å². The van der Waals surface area contributed by atoms with Crippen LogP contribution in [-0.4, -0.2) is 40.8 Å². The van der Waals surface area contributed by atoms with Gasteiger partial charge in [-0.25, -0.2) is 4.79 Å². The van der Waals surface area contributed by atoms with E-state index in [0.29, 0.717) is 36.6 Å². The Morgan fingerprint density at radius 2 is 1.92 bits per heavy atom. The van der Waals surface area contributed by atoms with E-state index < -0.39 is 0 Å². The van der Waals surface area contributed by atoms with Crippen molar-refractivity contribution in [3.63, 3.8) is 0 Å². The molecule has 132 valence electrons. The number of likely N-dealkylation sites (tertiary alicyclic amines) is 1. The van der Waals surface area contributed by atoms with Crippen LogP contribution in [0.15, 0.2) is 42.5 Å².